The molecular formula is C27H30F2N8. The number of nitrogens with one attached hydrogen (secondary N) is 2. The van der Waals surface area contributed by atoms with Crippen LogP contribution in [0.5, 0.6) is 0 Å². The van der Waals surface area contributed by atoms with Crippen LogP contribution in [0, 0.1) is 24.5 Å². The maximum atomic E-state index is 15.0. The van der Waals surface area contributed by atoms with Crippen LogP contribution in [0.15, 0.2) is 36.8 Å². The molecule has 37 heavy (non-hydrogen) atoms. The van der Waals surface area contributed by atoms with Crippen LogP contribution >= 0.6 is 0 Å². The summed E-state index contributed by atoms with van der Waals surface area (Å²) >= 11 is 0. The molecule has 2 fully saturated rings. The highest BCUT2D eigenvalue weighted by Crippen LogP contribution is 2.33. The van der Waals surface area contributed by atoms with Crippen LogP contribution in [0.25, 0.3) is 22.2 Å². The molecule has 6 rings (SSSR count). The lowest BCUT2D eigenvalue weighted by Gasteiger charge is -2.51. The number of pyridine rings is 1. The molecule has 0 saturated carbocycles. The first-order valence-corrected chi connectivity index (χ1v) is 12.7. The molecule has 4 aromatic rings. The Labute approximate surface area is 214 Å². The molecule has 2 aliphatic heterocycles. The molecule has 2 unspecified atom stereocenters. The molecule has 192 valence electrons. The maximum Gasteiger partial charge on any atom is 0.228 e. The average Bonchev–Trinajstić information content (AvgIpc) is 3.21. The molecule has 2 aliphatic rings. The highest BCUT2D eigenvalue weighted by atomic mass is 19.1. The van der Waals surface area contributed by atoms with Crippen LogP contribution in [0.3, 0.4) is 0 Å². The second-order valence-corrected chi connectivity index (χ2v) is 10.3. The van der Waals surface area contributed by atoms with E-state index >= 15 is 0 Å². The second kappa shape index (κ2) is 9.42. The van der Waals surface area contributed by atoms with E-state index in [-0.39, 0.29) is 17.1 Å². The number of likely N-dealkylation sites (tertiary alicyclic amines) is 1. The normalized spacial score (nSPS) is 19.7. The lowest BCUT2D eigenvalue weighted by Crippen LogP contribution is -2.62. The zero-order valence-corrected chi connectivity index (χ0v) is 21.2. The average molecular weight is 505 g/mol. The summed E-state index contributed by atoms with van der Waals surface area (Å²) in [5.74, 6) is 1.21. The summed E-state index contributed by atoms with van der Waals surface area (Å²) in [5, 5.41) is 6.51. The molecule has 2 saturated heterocycles. The van der Waals surface area contributed by atoms with E-state index in [0.717, 1.165) is 43.9 Å². The second-order valence-electron chi connectivity index (χ2n) is 10.3. The lowest BCUT2D eigenvalue weighted by atomic mass is 9.83. The molecule has 10 heteroatoms. The Balaban J connectivity index is 1.22. The molecular weight excluding hydrogens is 474 g/mol. The fourth-order valence-electron chi connectivity index (χ4n) is 5.67. The van der Waals surface area contributed by atoms with Gasteiger partial charge in [-0.2, -0.15) is 0 Å². The third-order valence-electron chi connectivity index (χ3n) is 7.47. The van der Waals surface area contributed by atoms with Crippen molar-refractivity contribution in [2.45, 2.75) is 45.8 Å². The van der Waals surface area contributed by atoms with Crippen molar-refractivity contribution in [1.82, 2.24) is 34.7 Å². The van der Waals surface area contributed by atoms with Crippen LogP contribution in [0.1, 0.15) is 37.7 Å². The Morgan fingerprint density at radius 1 is 1.08 bits per heavy atom. The Morgan fingerprint density at radius 2 is 1.89 bits per heavy atom. The van der Waals surface area contributed by atoms with Gasteiger partial charge in [0.05, 0.1) is 11.7 Å². The van der Waals surface area contributed by atoms with E-state index in [4.69, 9.17) is 0 Å². The minimum absolute atomic E-state index is 0.0844. The third kappa shape index (κ3) is 4.44. The molecule has 0 radical (unpaired) electrons. The minimum Gasteiger partial charge on any atom is -0.326 e. The van der Waals surface area contributed by atoms with Gasteiger partial charge in [0.15, 0.2) is 5.82 Å². The summed E-state index contributed by atoms with van der Waals surface area (Å²) < 4.78 is 31.8. The molecule has 8 nitrogen and oxygen atoms in total. The number of nitrogens with zero attached hydrogens (tertiary/aromatic N) is 6. The Bertz CT molecular complexity index is 1450. The first-order valence-electron chi connectivity index (χ1n) is 12.7. The molecule has 3 aromatic heterocycles. The smallest absolute Gasteiger partial charge is 0.228 e. The SMILES string of the molecule is Cc1nc2c(F)cc(-c3cc(Nc4ncc(CN5CC6CCNCC65)cn4)ncc3F)cc2n1C(C)C. The van der Waals surface area contributed by atoms with Crippen LogP contribution in [0.4, 0.5) is 20.5 Å². The van der Waals surface area contributed by atoms with Gasteiger partial charge in [0.2, 0.25) is 5.95 Å². The lowest BCUT2D eigenvalue weighted by molar-refractivity contribution is -0.0115. The number of hydrogen-bond acceptors (Lipinski definition) is 7. The summed E-state index contributed by atoms with van der Waals surface area (Å²) in [6.07, 6.45) is 5.98. The van der Waals surface area contributed by atoms with Gasteiger partial charge >= 0.3 is 0 Å². The number of piperidine rings is 1. The van der Waals surface area contributed by atoms with Crippen molar-refractivity contribution < 1.29 is 8.78 Å². The molecule has 2 atom stereocenters. The highest BCUT2D eigenvalue weighted by Gasteiger charge is 2.39. The van der Waals surface area contributed by atoms with E-state index in [2.05, 4.69) is 35.5 Å². The summed E-state index contributed by atoms with van der Waals surface area (Å²) in [6.45, 7) is 9.95. The Morgan fingerprint density at radius 3 is 2.65 bits per heavy atom. The van der Waals surface area contributed by atoms with E-state index < -0.39 is 11.6 Å². The zero-order valence-electron chi connectivity index (χ0n) is 21.2. The quantitative estimate of drug-likeness (QED) is 0.397. The third-order valence-corrected chi connectivity index (χ3v) is 7.47. The fraction of sp³-hybridized carbons (Fsp3) is 0.407. The Hall–Kier alpha value is -3.50. The highest BCUT2D eigenvalue weighted by molar-refractivity contribution is 5.84. The van der Waals surface area contributed by atoms with E-state index in [1.165, 1.54) is 12.5 Å². The van der Waals surface area contributed by atoms with Gasteiger partial charge in [-0.3, -0.25) is 4.90 Å². The molecule has 0 amide bonds. The zero-order chi connectivity index (χ0) is 25.7. The molecule has 0 spiro atoms. The van der Waals surface area contributed by atoms with Crippen LogP contribution < -0.4 is 10.6 Å². The standard InChI is InChI=1S/C27H30F2N8/c1-15(2)37-16(3)34-26-21(28)6-19(7-23(26)37)20-8-25(31-11-22(20)29)35-27-32-9-17(10-33-27)13-36-14-18-4-5-30-12-24(18)36/h6-11,15,18,24,30H,4-5,12-14H2,1-3H3,(H,31,32,33,35). The summed E-state index contributed by atoms with van der Waals surface area (Å²) in [4.78, 5) is 19.8. The first kappa shape index (κ1) is 23.9. The van der Waals surface area contributed by atoms with Gasteiger partial charge in [-0.1, -0.05) is 0 Å². The number of aromatic nitrogens is 5. The van der Waals surface area contributed by atoms with E-state index in [0.29, 0.717) is 34.7 Å². The minimum atomic E-state index is -0.544. The van der Waals surface area contributed by atoms with Gasteiger partial charge in [-0.15, -0.1) is 0 Å². The van der Waals surface area contributed by atoms with E-state index in [1.807, 2.05) is 37.7 Å². The van der Waals surface area contributed by atoms with Crippen LogP contribution in [-0.4, -0.2) is 55.1 Å². The molecule has 5 heterocycles. The number of aryl methyl sites for hydroxylation is 1. The van der Waals surface area contributed by atoms with Crippen molar-refractivity contribution >= 4 is 22.8 Å². The maximum absolute atomic E-state index is 15.0. The molecule has 1 aromatic carbocycles. The summed E-state index contributed by atoms with van der Waals surface area (Å²) in [5.41, 5.74) is 2.60. The van der Waals surface area contributed by atoms with Crippen molar-refractivity contribution in [1.29, 1.82) is 0 Å². The number of fused-ring (bicyclic) bond motifs is 2. The molecule has 0 bridgehead atoms. The van der Waals surface area contributed by atoms with Crippen molar-refractivity contribution in [2.24, 2.45) is 5.92 Å². The van der Waals surface area contributed by atoms with Gasteiger partial charge in [0, 0.05) is 55.2 Å². The summed E-state index contributed by atoms with van der Waals surface area (Å²) in [6, 6.07) is 5.32. The fourth-order valence-corrected chi connectivity index (χ4v) is 5.67. The van der Waals surface area contributed by atoms with Crippen LogP contribution in [0.2, 0.25) is 0 Å². The predicted molar refractivity (Wildman–Crippen MR) is 138 cm³/mol. The molecule has 0 aliphatic carbocycles. The number of benzene rings is 1. The summed E-state index contributed by atoms with van der Waals surface area (Å²) in [7, 11) is 0. The van der Waals surface area contributed by atoms with E-state index in [1.54, 1.807) is 12.1 Å². The monoisotopic (exact) mass is 504 g/mol. The number of hydrogen-bond donors (Lipinski definition) is 2. The predicted octanol–water partition coefficient (Wildman–Crippen LogP) is 4.59. The first-order chi connectivity index (χ1) is 17.9. The van der Waals surface area contributed by atoms with Crippen molar-refractivity contribution in [3.8, 4) is 11.1 Å². The largest absolute Gasteiger partial charge is 0.326 e. The number of anilines is 2. The van der Waals surface area contributed by atoms with E-state index in [9.17, 15) is 8.78 Å². The van der Waals surface area contributed by atoms with Gasteiger partial charge in [-0.25, -0.2) is 28.7 Å². The van der Waals surface area contributed by atoms with Crippen molar-refractivity contribution in [3.63, 3.8) is 0 Å². The van der Waals surface area contributed by atoms with Gasteiger partial charge in [0.25, 0.3) is 0 Å². The molecule has 2 N–H and O–H groups in total. The Kier molecular flexibility index (Phi) is 6.08. The van der Waals surface area contributed by atoms with Crippen molar-refractivity contribution in [3.05, 3.63) is 59.8 Å². The number of imidazole rings is 1. The van der Waals surface area contributed by atoms with Gasteiger partial charge < -0.3 is 15.2 Å². The van der Waals surface area contributed by atoms with Crippen molar-refractivity contribution in [2.75, 3.05) is 25.0 Å². The number of rotatable bonds is 6. The van der Waals surface area contributed by atoms with Crippen LogP contribution in [-0.2, 0) is 6.54 Å². The van der Waals surface area contributed by atoms with Gasteiger partial charge in [0.1, 0.15) is 23.0 Å². The van der Waals surface area contributed by atoms with Gasteiger partial charge in [-0.05, 0) is 63.4 Å². The topological polar surface area (TPSA) is 83.8 Å². The number of halogens is 2.